The fraction of sp³-hybridized carbons (Fsp3) is 0.263. The highest BCUT2D eigenvalue weighted by Crippen LogP contribution is 2.30. The number of aromatic nitrogens is 2. The number of hydrogen-bond donors (Lipinski definition) is 0. The van der Waals surface area contributed by atoms with Gasteiger partial charge < -0.3 is 4.74 Å². The molecule has 4 rings (SSSR count). The van der Waals surface area contributed by atoms with Crippen LogP contribution < -0.4 is 10.3 Å². The van der Waals surface area contributed by atoms with Crippen LogP contribution in [0.5, 0.6) is 5.75 Å². The first-order chi connectivity index (χ1) is 13.3. The number of rotatable bonds is 3. The first-order valence-corrected chi connectivity index (χ1v) is 10.5. The summed E-state index contributed by atoms with van der Waals surface area (Å²) in [7, 11) is -2.41. The quantitative estimate of drug-likeness (QED) is 0.651. The third-order valence-corrected chi connectivity index (χ3v) is 6.93. The van der Waals surface area contributed by atoms with Crippen LogP contribution in [0.3, 0.4) is 0 Å². The second kappa shape index (κ2) is 6.88. The molecule has 3 heterocycles. The van der Waals surface area contributed by atoms with E-state index in [0.29, 0.717) is 28.3 Å². The normalized spacial score (nSPS) is 14.8. The highest BCUT2D eigenvalue weighted by atomic mass is 35.5. The van der Waals surface area contributed by atoms with Crippen molar-refractivity contribution >= 4 is 27.3 Å². The van der Waals surface area contributed by atoms with E-state index >= 15 is 0 Å². The number of hydrogen-bond acceptors (Lipinski definition) is 5. The summed E-state index contributed by atoms with van der Waals surface area (Å²) >= 11 is 6.00. The Balaban J connectivity index is 1.80. The van der Waals surface area contributed by atoms with Crippen molar-refractivity contribution in [1.82, 2.24) is 13.7 Å². The molecule has 1 aliphatic heterocycles. The number of aryl methyl sites for hydroxylation is 1. The molecule has 0 unspecified atom stereocenters. The van der Waals surface area contributed by atoms with Gasteiger partial charge in [0.1, 0.15) is 16.3 Å². The molecule has 0 bridgehead atoms. The molecular weight excluding hydrogens is 402 g/mol. The Morgan fingerprint density at radius 1 is 1.21 bits per heavy atom. The average molecular weight is 420 g/mol. The molecule has 0 atom stereocenters. The van der Waals surface area contributed by atoms with E-state index in [9.17, 15) is 13.2 Å². The Morgan fingerprint density at radius 3 is 2.75 bits per heavy atom. The van der Waals surface area contributed by atoms with Gasteiger partial charge in [-0.2, -0.15) is 4.31 Å². The van der Waals surface area contributed by atoms with E-state index in [4.69, 9.17) is 16.3 Å². The smallest absolute Gasteiger partial charge is 0.262 e. The van der Waals surface area contributed by atoms with E-state index in [2.05, 4.69) is 4.98 Å². The van der Waals surface area contributed by atoms with Gasteiger partial charge in [-0.15, -0.1) is 0 Å². The van der Waals surface area contributed by atoms with Crippen LogP contribution in [0, 0.1) is 6.92 Å². The summed E-state index contributed by atoms with van der Waals surface area (Å²) in [4.78, 5) is 17.5. The number of nitrogens with zero attached hydrogens (tertiary/aromatic N) is 3. The molecular formula is C19H18ClN3O4S. The Labute approximate surface area is 167 Å². The lowest BCUT2D eigenvalue weighted by Gasteiger charge is -2.28. The predicted octanol–water partition coefficient (Wildman–Crippen LogP) is 2.41. The van der Waals surface area contributed by atoms with Gasteiger partial charge in [0.25, 0.3) is 5.56 Å². The molecule has 2 aromatic heterocycles. The van der Waals surface area contributed by atoms with Crippen LogP contribution in [-0.2, 0) is 23.0 Å². The van der Waals surface area contributed by atoms with Crippen LogP contribution in [-0.4, -0.2) is 35.8 Å². The van der Waals surface area contributed by atoms with Gasteiger partial charge in [0.2, 0.25) is 10.0 Å². The molecule has 3 aromatic rings. The number of halogens is 1. The monoisotopic (exact) mass is 419 g/mol. The van der Waals surface area contributed by atoms with Crippen molar-refractivity contribution < 1.29 is 13.2 Å². The SMILES string of the molecule is COc1ccc(C)cc1S(=O)(=O)N1CCc2nc3ccc(Cl)cn3c(=O)c2C1. The average Bonchev–Trinajstić information content (AvgIpc) is 2.68. The summed E-state index contributed by atoms with van der Waals surface area (Å²) < 4.78 is 34.4. The molecule has 1 aromatic carbocycles. The maximum atomic E-state index is 13.3. The topological polar surface area (TPSA) is 81.0 Å². The molecule has 0 saturated heterocycles. The van der Waals surface area contributed by atoms with Crippen molar-refractivity contribution in [2.75, 3.05) is 13.7 Å². The molecule has 0 spiro atoms. The minimum Gasteiger partial charge on any atom is -0.495 e. The van der Waals surface area contributed by atoms with Crippen LogP contribution in [0.15, 0.2) is 46.2 Å². The highest BCUT2D eigenvalue weighted by Gasteiger charge is 2.33. The van der Waals surface area contributed by atoms with E-state index in [1.807, 2.05) is 6.92 Å². The molecule has 146 valence electrons. The highest BCUT2D eigenvalue weighted by molar-refractivity contribution is 7.89. The summed E-state index contributed by atoms with van der Waals surface area (Å²) in [5.74, 6) is 0.275. The standard InChI is InChI=1S/C19H18ClN3O4S/c1-12-3-5-16(27-2)17(9-12)28(25,26)22-8-7-15-14(11-22)19(24)23-10-13(20)4-6-18(23)21-15/h3-6,9-10H,7-8,11H2,1-2H3. The minimum absolute atomic E-state index is 0.0456. The van der Waals surface area contributed by atoms with E-state index in [1.54, 1.807) is 30.3 Å². The Bertz CT molecular complexity index is 1250. The molecule has 28 heavy (non-hydrogen) atoms. The number of ether oxygens (including phenoxy) is 1. The first-order valence-electron chi connectivity index (χ1n) is 8.66. The maximum absolute atomic E-state index is 13.3. The van der Waals surface area contributed by atoms with Gasteiger partial charge in [0.15, 0.2) is 0 Å². The number of fused-ring (bicyclic) bond motifs is 2. The number of sulfonamides is 1. The molecule has 0 radical (unpaired) electrons. The molecule has 0 saturated carbocycles. The zero-order valence-electron chi connectivity index (χ0n) is 15.3. The van der Waals surface area contributed by atoms with E-state index in [-0.39, 0.29) is 29.3 Å². The third-order valence-electron chi connectivity index (χ3n) is 4.84. The summed E-state index contributed by atoms with van der Waals surface area (Å²) in [5.41, 5.74) is 1.97. The Kier molecular flexibility index (Phi) is 4.65. The number of pyridine rings is 1. The van der Waals surface area contributed by atoms with Crippen LogP contribution >= 0.6 is 11.6 Å². The fourth-order valence-corrected chi connectivity index (χ4v) is 5.19. The van der Waals surface area contributed by atoms with Crippen molar-refractivity contribution in [1.29, 1.82) is 0 Å². The molecule has 7 nitrogen and oxygen atoms in total. The molecule has 9 heteroatoms. The minimum atomic E-state index is -3.84. The van der Waals surface area contributed by atoms with Crippen molar-refractivity contribution in [3.8, 4) is 5.75 Å². The van der Waals surface area contributed by atoms with Gasteiger partial charge >= 0.3 is 0 Å². The first kappa shape index (κ1) is 18.9. The number of methoxy groups -OCH3 is 1. The lowest BCUT2D eigenvalue weighted by Crippen LogP contribution is -2.40. The van der Waals surface area contributed by atoms with Crippen LogP contribution in [0.4, 0.5) is 0 Å². The van der Waals surface area contributed by atoms with Crippen molar-refractivity contribution in [3.05, 3.63) is 68.7 Å². The van der Waals surface area contributed by atoms with E-state index < -0.39 is 10.0 Å². The molecule has 0 fully saturated rings. The number of benzene rings is 1. The molecule has 0 amide bonds. The fourth-order valence-electron chi connectivity index (χ4n) is 3.38. The van der Waals surface area contributed by atoms with Crippen LogP contribution in [0.1, 0.15) is 16.8 Å². The van der Waals surface area contributed by atoms with Gasteiger partial charge in [-0.05, 0) is 36.8 Å². The van der Waals surface area contributed by atoms with Crippen molar-refractivity contribution in [2.45, 2.75) is 24.8 Å². The van der Waals surface area contributed by atoms with Gasteiger partial charge in [-0.25, -0.2) is 13.4 Å². The molecule has 0 aliphatic carbocycles. The summed E-state index contributed by atoms with van der Waals surface area (Å²) in [6, 6.07) is 8.33. The molecule has 0 N–H and O–H groups in total. The zero-order valence-corrected chi connectivity index (χ0v) is 16.9. The lowest BCUT2D eigenvalue weighted by molar-refractivity contribution is 0.374. The van der Waals surface area contributed by atoms with Crippen molar-refractivity contribution in [3.63, 3.8) is 0 Å². The Hall–Kier alpha value is -2.42. The summed E-state index contributed by atoms with van der Waals surface area (Å²) in [5, 5.41) is 0.404. The van der Waals surface area contributed by atoms with Crippen LogP contribution in [0.2, 0.25) is 5.02 Å². The summed E-state index contributed by atoms with van der Waals surface area (Å²) in [6.07, 6.45) is 1.85. The largest absolute Gasteiger partial charge is 0.495 e. The van der Waals surface area contributed by atoms with E-state index in [0.717, 1.165) is 5.56 Å². The van der Waals surface area contributed by atoms with Crippen LogP contribution in [0.25, 0.3) is 5.65 Å². The zero-order chi connectivity index (χ0) is 20.1. The van der Waals surface area contributed by atoms with Gasteiger partial charge in [0, 0.05) is 25.7 Å². The maximum Gasteiger partial charge on any atom is 0.262 e. The second-order valence-electron chi connectivity index (χ2n) is 6.66. The summed E-state index contributed by atoms with van der Waals surface area (Å²) in [6.45, 7) is 2.01. The van der Waals surface area contributed by atoms with Gasteiger partial charge in [-0.3, -0.25) is 9.20 Å². The Morgan fingerprint density at radius 2 is 2.00 bits per heavy atom. The molecule has 1 aliphatic rings. The lowest BCUT2D eigenvalue weighted by atomic mass is 10.1. The predicted molar refractivity (Wildman–Crippen MR) is 106 cm³/mol. The third kappa shape index (κ3) is 3.07. The van der Waals surface area contributed by atoms with E-state index in [1.165, 1.54) is 22.0 Å². The van der Waals surface area contributed by atoms with Crippen molar-refractivity contribution in [2.24, 2.45) is 0 Å². The van der Waals surface area contributed by atoms with Gasteiger partial charge in [-0.1, -0.05) is 17.7 Å². The second-order valence-corrected chi connectivity index (χ2v) is 9.00. The van der Waals surface area contributed by atoms with Gasteiger partial charge in [0.05, 0.1) is 23.4 Å².